The van der Waals surface area contributed by atoms with E-state index in [1.165, 1.54) is 12.8 Å². The van der Waals surface area contributed by atoms with Crippen molar-refractivity contribution in [3.05, 3.63) is 52.6 Å². The van der Waals surface area contributed by atoms with Crippen molar-refractivity contribution in [2.45, 2.75) is 45.7 Å². The second kappa shape index (κ2) is 9.01. The third-order valence-electron chi connectivity index (χ3n) is 5.88. The molecule has 8 nitrogen and oxygen atoms in total. The number of hydrogen-bond donors (Lipinski definition) is 2. The van der Waals surface area contributed by atoms with Crippen molar-refractivity contribution < 1.29 is 19.4 Å². The summed E-state index contributed by atoms with van der Waals surface area (Å²) < 4.78 is 5.87. The first kappa shape index (κ1) is 21.2. The zero-order valence-electron chi connectivity index (χ0n) is 17.9. The Labute approximate surface area is 181 Å². The van der Waals surface area contributed by atoms with Gasteiger partial charge in [-0.1, -0.05) is 0 Å². The van der Waals surface area contributed by atoms with Crippen molar-refractivity contribution >= 4 is 11.8 Å². The van der Waals surface area contributed by atoms with Crippen molar-refractivity contribution in [3.63, 3.8) is 0 Å². The van der Waals surface area contributed by atoms with E-state index in [1.54, 1.807) is 23.4 Å². The van der Waals surface area contributed by atoms with Crippen molar-refractivity contribution in [2.75, 3.05) is 19.8 Å². The standard InChI is InChI=1S/C23H28N4O4/c1-14-9-19(26-11-21(14)31-13-16-3-4-16)15(2)27-12-18-17(23(27)30)5-6-24-20(18)10-22(29)25-7-8-28/h5-6,9,11,15-16,28H,3-4,7-8,10,12-13H2,1-2H3,(H,25,29). The van der Waals surface area contributed by atoms with Crippen LogP contribution in [0.1, 0.15) is 58.7 Å². The Morgan fingerprint density at radius 3 is 2.90 bits per heavy atom. The van der Waals surface area contributed by atoms with Crippen LogP contribution in [0.3, 0.4) is 0 Å². The van der Waals surface area contributed by atoms with E-state index in [2.05, 4.69) is 15.3 Å². The van der Waals surface area contributed by atoms with Crippen LogP contribution in [0.4, 0.5) is 0 Å². The Balaban J connectivity index is 1.48. The number of rotatable bonds is 9. The van der Waals surface area contributed by atoms with Crippen LogP contribution < -0.4 is 10.1 Å². The van der Waals surface area contributed by atoms with Crippen LogP contribution in [0, 0.1) is 12.8 Å². The van der Waals surface area contributed by atoms with Crippen LogP contribution in [0.25, 0.3) is 0 Å². The lowest BCUT2D eigenvalue weighted by molar-refractivity contribution is -0.120. The molecule has 164 valence electrons. The van der Waals surface area contributed by atoms with Gasteiger partial charge in [-0.25, -0.2) is 0 Å². The monoisotopic (exact) mass is 424 g/mol. The number of aromatic nitrogens is 2. The van der Waals surface area contributed by atoms with Gasteiger partial charge in [0, 0.05) is 30.4 Å². The third-order valence-corrected chi connectivity index (χ3v) is 5.88. The predicted octanol–water partition coefficient (Wildman–Crippen LogP) is 1.94. The molecule has 2 aliphatic rings. The minimum Gasteiger partial charge on any atom is -0.491 e. The summed E-state index contributed by atoms with van der Waals surface area (Å²) in [4.78, 5) is 35.8. The van der Waals surface area contributed by atoms with Gasteiger partial charge in [0.1, 0.15) is 5.75 Å². The Morgan fingerprint density at radius 1 is 1.39 bits per heavy atom. The molecule has 2 aromatic heterocycles. The van der Waals surface area contributed by atoms with Crippen molar-refractivity contribution in [1.29, 1.82) is 0 Å². The summed E-state index contributed by atoms with van der Waals surface area (Å²) in [6.45, 7) is 5.14. The van der Waals surface area contributed by atoms with Crippen LogP contribution in [0.15, 0.2) is 24.5 Å². The number of pyridine rings is 2. The minimum absolute atomic E-state index is 0.0725. The maximum absolute atomic E-state index is 13.1. The number of nitrogens with zero attached hydrogens (tertiary/aromatic N) is 3. The van der Waals surface area contributed by atoms with Crippen molar-refractivity contribution in [2.24, 2.45) is 5.92 Å². The molecule has 4 rings (SSSR count). The van der Waals surface area contributed by atoms with Crippen LogP contribution in [-0.2, 0) is 17.8 Å². The normalized spacial score (nSPS) is 16.2. The molecular formula is C23H28N4O4. The van der Waals surface area contributed by atoms with Crippen LogP contribution in [0.2, 0.25) is 0 Å². The molecule has 1 aliphatic carbocycles. The summed E-state index contributed by atoms with van der Waals surface area (Å²) in [5, 5.41) is 11.5. The van der Waals surface area contributed by atoms with Gasteiger partial charge in [-0.15, -0.1) is 0 Å². The first-order valence-corrected chi connectivity index (χ1v) is 10.7. The molecular weight excluding hydrogens is 396 g/mol. The van der Waals surface area contributed by atoms with E-state index in [4.69, 9.17) is 9.84 Å². The number of carbonyl (C=O) groups is 2. The molecule has 0 bridgehead atoms. The molecule has 1 atom stereocenters. The lowest BCUT2D eigenvalue weighted by Crippen LogP contribution is -2.29. The zero-order valence-corrected chi connectivity index (χ0v) is 17.9. The summed E-state index contributed by atoms with van der Waals surface area (Å²) in [7, 11) is 0. The van der Waals surface area contributed by atoms with Crippen LogP contribution in [0.5, 0.6) is 5.75 Å². The molecule has 1 fully saturated rings. The Morgan fingerprint density at radius 2 is 2.19 bits per heavy atom. The predicted molar refractivity (Wildman–Crippen MR) is 114 cm³/mol. The summed E-state index contributed by atoms with van der Waals surface area (Å²) >= 11 is 0. The maximum Gasteiger partial charge on any atom is 0.255 e. The quantitative estimate of drug-likeness (QED) is 0.638. The smallest absolute Gasteiger partial charge is 0.255 e. The molecule has 1 saturated carbocycles. The van der Waals surface area contributed by atoms with Crippen LogP contribution >= 0.6 is 0 Å². The topological polar surface area (TPSA) is 105 Å². The highest BCUT2D eigenvalue weighted by Crippen LogP contribution is 2.34. The number of carbonyl (C=O) groups excluding carboxylic acids is 2. The zero-order chi connectivity index (χ0) is 22.0. The highest BCUT2D eigenvalue weighted by Gasteiger charge is 2.34. The fraction of sp³-hybridized carbons (Fsp3) is 0.478. The van der Waals surface area contributed by atoms with Gasteiger partial charge >= 0.3 is 0 Å². The van der Waals surface area contributed by atoms with E-state index >= 15 is 0 Å². The molecule has 0 saturated heterocycles. The van der Waals surface area contributed by atoms with Gasteiger partial charge in [0.05, 0.1) is 43.3 Å². The molecule has 1 aliphatic heterocycles. The average Bonchev–Trinajstić information content (AvgIpc) is 3.53. The SMILES string of the molecule is Cc1cc(C(C)N2Cc3c(ccnc3CC(=O)NCCO)C2=O)ncc1OCC1CC1. The fourth-order valence-electron chi connectivity index (χ4n) is 3.78. The molecule has 2 aromatic rings. The fourth-order valence-corrected chi connectivity index (χ4v) is 3.78. The Kier molecular flexibility index (Phi) is 6.18. The molecule has 31 heavy (non-hydrogen) atoms. The first-order valence-electron chi connectivity index (χ1n) is 10.7. The number of aryl methyl sites for hydroxylation is 1. The highest BCUT2D eigenvalue weighted by atomic mass is 16.5. The van der Waals surface area contributed by atoms with Gasteiger partial charge in [-0.3, -0.25) is 19.6 Å². The molecule has 0 radical (unpaired) electrons. The number of ether oxygens (including phenoxy) is 1. The number of hydrogen-bond acceptors (Lipinski definition) is 6. The molecule has 0 aromatic carbocycles. The second-order valence-electron chi connectivity index (χ2n) is 8.27. The Bertz CT molecular complexity index is 990. The Hall–Kier alpha value is -3.00. The summed E-state index contributed by atoms with van der Waals surface area (Å²) in [6, 6.07) is 3.45. The molecule has 2 N–H and O–H groups in total. The van der Waals surface area contributed by atoms with Crippen LogP contribution in [-0.4, -0.2) is 51.5 Å². The number of amides is 2. The van der Waals surface area contributed by atoms with Gasteiger partial charge in [0.25, 0.3) is 5.91 Å². The number of aliphatic hydroxyl groups excluding tert-OH is 1. The third kappa shape index (κ3) is 4.69. The average molecular weight is 425 g/mol. The van der Waals surface area contributed by atoms with Gasteiger partial charge in [-0.05, 0) is 50.3 Å². The van der Waals surface area contributed by atoms with E-state index in [1.807, 2.05) is 19.9 Å². The van der Waals surface area contributed by atoms with E-state index in [-0.39, 0.29) is 37.4 Å². The lowest BCUT2D eigenvalue weighted by atomic mass is 10.1. The number of fused-ring (bicyclic) bond motifs is 1. The molecule has 2 amide bonds. The van der Waals surface area contributed by atoms with E-state index in [9.17, 15) is 9.59 Å². The van der Waals surface area contributed by atoms with Gasteiger partial charge in [0.15, 0.2) is 0 Å². The lowest BCUT2D eigenvalue weighted by Gasteiger charge is -2.24. The number of aliphatic hydroxyl groups is 1. The highest BCUT2D eigenvalue weighted by molar-refractivity contribution is 5.99. The van der Waals surface area contributed by atoms with E-state index < -0.39 is 0 Å². The summed E-state index contributed by atoms with van der Waals surface area (Å²) in [5.41, 5.74) is 3.74. The van der Waals surface area contributed by atoms with Gasteiger partial charge < -0.3 is 20.1 Å². The van der Waals surface area contributed by atoms with E-state index in [0.717, 1.165) is 29.2 Å². The molecule has 1 unspecified atom stereocenters. The minimum atomic E-state index is -0.229. The second-order valence-corrected chi connectivity index (χ2v) is 8.27. The maximum atomic E-state index is 13.1. The largest absolute Gasteiger partial charge is 0.491 e. The van der Waals surface area contributed by atoms with E-state index in [0.29, 0.717) is 23.7 Å². The van der Waals surface area contributed by atoms with Gasteiger partial charge in [0.2, 0.25) is 5.91 Å². The van der Waals surface area contributed by atoms with Gasteiger partial charge in [-0.2, -0.15) is 0 Å². The summed E-state index contributed by atoms with van der Waals surface area (Å²) in [5.74, 6) is 1.15. The number of nitrogens with one attached hydrogen (secondary N) is 1. The summed E-state index contributed by atoms with van der Waals surface area (Å²) in [6.07, 6.45) is 5.85. The molecule has 3 heterocycles. The molecule has 8 heteroatoms. The molecule has 0 spiro atoms. The van der Waals surface area contributed by atoms with Crippen molar-refractivity contribution in [3.8, 4) is 5.75 Å². The first-order chi connectivity index (χ1) is 15.0. The van der Waals surface area contributed by atoms with Crippen molar-refractivity contribution in [1.82, 2.24) is 20.2 Å².